The normalized spacial score (nSPS) is 9.92. The first-order valence-corrected chi connectivity index (χ1v) is 4.53. The molecule has 2 heterocycles. The van der Waals surface area contributed by atoms with Crippen molar-refractivity contribution in [2.75, 3.05) is 0 Å². The molecule has 3 nitrogen and oxygen atoms in total. The number of nitrogens with zero attached hydrogens (tertiary/aromatic N) is 3. The maximum Gasteiger partial charge on any atom is 0.125 e. The summed E-state index contributed by atoms with van der Waals surface area (Å²) in [6.07, 6.45) is 6.85. The standard InChI is InChI=1S/C9H6BrN3/c10-9-6-12-5-8(13-9)7-2-1-3-11-4-7/h1-6H. The Kier molecular flexibility index (Phi) is 2.31. The second-order valence-electron chi connectivity index (χ2n) is 2.47. The predicted molar refractivity (Wildman–Crippen MR) is 53.0 cm³/mol. The van der Waals surface area contributed by atoms with Gasteiger partial charge in [-0.3, -0.25) is 9.97 Å². The molecule has 0 aliphatic rings. The minimum Gasteiger partial charge on any atom is -0.264 e. The number of pyridine rings is 1. The van der Waals surface area contributed by atoms with Crippen LogP contribution in [0.1, 0.15) is 0 Å². The number of aromatic nitrogens is 3. The fraction of sp³-hybridized carbons (Fsp3) is 0. The zero-order valence-electron chi connectivity index (χ0n) is 6.68. The Balaban J connectivity index is 2.48. The number of hydrogen-bond donors (Lipinski definition) is 0. The first-order chi connectivity index (χ1) is 6.36. The van der Waals surface area contributed by atoms with Crippen molar-refractivity contribution in [2.45, 2.75) is 0 Å². The molecule has 0 unspecified atom stereocenters. The van der Waals surface area contributed by atoms with Crippen LogP contribution >= 0.6 is 15.9 Å². The summed E-state index contributed by atoms with van der Waals surface area (Å²) in [5, 5.41) is 0. The van der Waals surface area contributed by atoms with Crippen molar-refractivity contribution in [2.24, 2.45) is 0 Å². The molecule has 0 fully saturated rings. The van der Waals surface area contributed by atoms with Crippen molar-refractivity contribution in [3.8, 4) is 11.3 Å². The van der Waals surface area contributed by atoms with E-state index in [9.17, 15) is 0 Å². The molecule has 2 rings (SSSR count). The van der Waals surface area contributed by atoms with Crippen molar-refractivity contribution >= 4 is 15.9 Å². The van der Waals surface area contributed by atoms with Gasteiger partial charge in [-0.2, -0.15) is 0 Å². The third-order valence-corrected chi connectivity index (χ3v) is 1.94. The third-order valence-electron chi connectivity index (χ3n) is 1.56. The van der Waals surface area contributed by atoms with Gasteiger partial charge in [0.15, 0.2) is 0 Å². The topological polar surface area (TPSA) is 38.7 Å². The van der Waals surface area contributed by atoms with E-state index in [-0.39, 0.29) is 0 Å². The molecule has 0 radical (unpaired) electrons. The Morgan fingerprint density at radius 1 is 1.08 bits per heavy atom. The molecule has 0 atom stereocenters. The lowest BCUT2D eigenvalue weighted by molar-refractivity contribution is 1.16. The van der Waals surface area contributed by atoms with Crippen LogP contribution in [-0.4, -0.2) is 15.0 Å². The lowest BCUT2D eigenvalue weighted by Gasteiger charge is -1.98. The highest BCUT2D eigenvalue weighted by Crippen LogP contribution is 2.15. The molecule has 0 aliphatic heterocycles. The second-order valence-corrected chi connectivity index (χ2v) is 3.28. The molecule has 0 bridgehead atoms. The van der Waals surface area contributed by atoms with Gasteiger partial charge >= 0.3 is 0 Å². The van der Waals surface area contributed by atoms with Gasteiger partial charge in [-0.05, 0) is 28.1 Å². The van der Waals surface area contributed by atoms with E-state index >= 15 is 0 Å². The quantitative estimate of drug-likeness (QED) is 0.762. The number of halogens is 1. The Morgan fingerprint density at radius 2 is 2.00 bits per heavy atom. The van der Waals surface area contributed by atoms with Crippen molar-refractivity contribution in [1.29, 1.82) is 0 Å². The predicted octanol–water partition coefficient (Wildman–Crippen LogP) is 2.30. The third kappa shape index (κ3) is 1.89. The molecule has 0 spiro atoms. The van der Waals surface area contributed by atoms with E-state index in [2.05, 4.69) is 30.9 Å². The first-order valence-electron chi connectivity index (χ1n) is 3.74. The van der Waals surface area contributed by atoms with Gasteiger partial charge in [-0.1, -0.05) is 0 Å². The summed E-state index contributed by atoms with van der Waals surface area (Å²) in [5.41, 5.74) is 1.79. The zero-order valence-corrected chi connectivity index (χ0v) is 8.27. The fourth-order valence-corrected chi connectivity index (χ4v) is 1.30. The molecule has 2 aromatic heterocycles. The van der Waals surface area contributed by atoms with E-state index in [4.69, 9.17) is 0 Å². The first kappa shape index (κ1) is 8.31. The largest absolute Gasteiger partial charge is 0.264 e. The average molecular weight is 236 g/mol. The van der Waals surface area contributed by atoms with Crippen molar-refractivity contribution < 1.29 is 0 Å². The minimum absolute atomic E-state index is 0.730. The van der Waals surface area contributed by atoms with Gasteiger partial charge in [0, 0.05) is 18.0 Å². The van der Waals surface area contributed by atoms with Gasteiger partial charge in [0.25, 0.3) is 0 Å². The summed E-state index contributed by atoms with van der Waals surface area (Å²) >= 11 is 3.27. The molecule has 0 N–H and O–H groups in total. The molecule has 13 heavy (non-hydrogen) atoms. The van der Waals surface area contributed by atoms with E-state index in [1.165, 1.54) is 0 Å². The lowest BCUT2D eigenvalue weighted by Crippen LogP contribution is -1.86. The molecule has 0 saturated heterocycles. The Hall–Kier alpha value is -1.29. The van der Waals surface area contributed by atoms with E-state index in [1.807, 2.05) is 12.1 Å². The Bertz CT molecular complexity index is 403. The van der Waals surface area contributed by atoms with E-state index in [1.54, 1.807) is 24.8 Å². The van der Waals surface area contributed by atoms with E-state index < -0.39 is 0 Å². The maximum atomic E-state index is 4.26. The Labute approximate surface area is 84.0 Å². The number of rotatable bonds is 1. The molecule has 64 valence electrons. The van der Waals surface area contributed by atoms with Crippen molar-refractivity contribution in [1.82, 2.24) is 15.0 Å². The molecule has 0 aliphatic carbocycles. The maximum absolute atomic E-state index is 4.26. The molecule has 2 aromatic rings. The summed E-state index contributed by atoms with van der Waals surface area (Å²) in [5.74, 6) is 0. The molecule has 0 saturated carbocycles. The van der Waals surface area contributed by atoms with Crippen molar-refractivity contribution in [3.05, 3.63) is 41.5 Å². The van der Waals surface area contributed by atoms with Gasteiger partial charge < -0.3 is 0 Å². The van der Waals surface area contributed by atoms with E-state index in [0.717, 1.165) is 15.9 Å². The number of hydrogen-bond acceptors (Lipinski definition) is 3. The van der Waals surface area contributed by atoms with Crippen LogP contribution in [0.15, 0.2) is 41.5 Å². The van der Waals surface area contributed by atoms with Gasteiger partial charge in [-0.15, -0.1) is 0 Å². The highest BCUT2D eigenvalue weighted by atomic mass is 79.9. The van der Waals surface area contributed by atoms with Crippen LogP contribution in [0.2, 0.25) is 0 Å². The fourth-order valence-electron chi connectivity index (χ4n) is 0.996. The van der Waals surface area contributed by atoms with Crippen LogP contribution in [0.3, 0.4) is 0 Å². The summed E-state index contributed by atoms with van der Waals surface area (Å²) in [6.45, 7) is 0. The SMILES string of the molecule is Brc1cncc(-c2cccnc2)n1. The van der Waals surface area contributed by atoms with Crippen LogP contribution in [0, 0.1) is 0 Å². The van der Waals surface area contributed by atoms with Crippen molar-refractivity contribution in [3.63, 3.8) is 0 Å². The smallest absolute Gasteiger partial charge is 0.125 e. The summed E-state index contributed by atoms with van der Waals surface area (Å²) in [6, 6.07) is 3.82. The van der Waals surface area contributed by atoms with Gasteiger partial charge in [0.05, 0.1) is 18.1 Å². The molecular weight excluding hydrogens is 230 g/mol. The highest BCUT2D eigenvalue weighted by Gasteiger charge is 1.98. The van der Waals surface area contributed by atoms with Crippen LogP contribution in [0.4, 0.5) is 0 Å². The highest BCUT2D eigenvalue weighted by molar-refractivity contribution is 9.10. The summed E-state index contributed by atoms with van der Waals surface area (Å²) in [7, 11) is 0. The molecule has 4 heteroatoms. The van der Waals surface area contributed by atoms with Crippen LogP contribution in [0.5, 0.6) is 0 Å². The minimum atomic E-state index is 0.730. The molecule has 0 aromatic carbocycles. The lowest BCUT2D eigenvalue weighted by atomic mass is 10.2. The second kappa shape index (κ2) is 3.62. The molecular formula is C9H6BrN3. The summed E-state index contributed by atoms with van der Waals surface area (Å²) < 4.78 is 0.730. The van der Waals surface area contributed by atoms with Crippen LogP contribution in [0.25, 0.3) is 11.3 Å². The summed E-state index contributed by atoms with van der Waals surface area (Å²) in [4.78, 5) is 12.3. The Morgan fingerprint density at radius 3 is 2.69 bits per heavy atom. The van der Waals surface area contributed by atoms with Crippen LogP contribution < -0.4 is 0 Å². The zero-order chi connectivity index (χ0) is 9.10. The van der Waals surface area contributed by atoms with Gasteiger partial charge in [-0.25, -0.2) is 4.98 Å². The van der Waals surface area contributed by atoms with Gasteiger partial charge in [0.2, 0.25) is 0 Å². The van der Waals surface area contributed by atoms with E-state index in [0.29, 0.717) is 0 Å². The average Bonchev–Trinajstić information content (AvgIpc) is 2.19. The molecule has 0 amide bonds. The van der Waals surface area contributed by atoms with Crippen LogP contribution in [-0.2, 0) is 0 Å². The van der Waals surface area contributed by atoms with Gasteiger partial charge in [0.1, 0.15) is 4.60 Å². The monoisotopic (exact) mass is 235 g/mol.